The van der Waals surface area contributed by atoms with Crippen molar-refractivity contribution in [3.8, 4) is 0 Å². The number of aryl methyl sites for hydroxylation is 1. The number of halogens is 4. The zero-order chi connectivity index (χ0) is 23.7. The molecule has 0 bridgehead atoms. The number of aromatic nitrogens is 2. The minimum absolute atomic E-state index is 0.0802. The van der Waals surface area contributed by atoms with Crippen LogP contribution >= 0.6 is 0 Å². The van der Waals surface area contributed by atoms with Crippen LogP contribution in [0.1, 0.15) is 52.3 Å². The number of alkyl halides is 3. The summed E-state index contributed by atoms with van der Waals surface area (Å²) in [4.78, 5) is 11.1. The number of hydrogen-bond acceptors (Lipinski definition) is 2. The Labute approximate surface area is 182 Å². The van der Waals surface area contributed by atoms with E-state index in [0.717, 1.165) is 13.8 Å². The van der Waals surface area contributed by atoms with E-state index >= 15 is 0 Å². The van der Waals surface area contributed by atoms with Gasteiger partial charge in [-0.05, 0) is 61.7 Å². The lowest BCUT2D eigenvalue weighted by atomic mass is 9.83. The lowest BCUT2D eigenvalue weighted by molar-refractivity contribution is -0.180. The van der Waals surface area contributed by atoms with Crippen molar-refractivity contribution in [3.05, 3.63) is 88.2 Å². The monoisotopic (exact) mass is 446 g/mol. The fraction of sp³-hybridized carbons (Fsp3) is 0.250. The first-order valence-electron chi connectivity index (χ1n) is 9.80. The summed E-state index contributed by atoms with van der Waals surface area (Å²) in [6.07, 6.45) is -3.19. The van der Waals surface area contributed by atoms with Crippen molar-refractivity contribution in [1.29, 1.82) is 0 Å². The molecule has 0 saturated carbocycles. The zero-order valence-corrected chi connectivity index (χ0v) is 17.7. The molecule has 0 radical (unpaired) electrons. The van der Waals surface area contributed by atoms with Crippen LogP contribution in [0, 0.1) is 6.92 Å². The number of rotatable bonds is 6. The second-order valence-electron chi connectivity index (χ2n) is 8.07. The van der Waals surface area contributed by atoms with Crippen molar-refractivity contribution in [3.63, 3.8) is 0 Å². The highest BCUT2D eigenvalue weighted by Crippen LogP contribution is 2.40. The molecule has 4 nitrogen and oxygen atoms in total. The second kappa shape index (κ2) is 8.61. The Balaban J connectivity index is 1.81. The summed E-state index contributed by atoms with van der Waals surface area (Å²) in [5.41, 5.74) is 0.0902. The SMILES string of the molecule is Cc1cc(C(F)=Cc2ccc(C(C)(C)C(F)(F)F)cc2)nn1Cc1cccc(C(=O)O)c1. The number of carboxylic acid groups (broad SMARTS) is 1. The van der Waals surface area contributed by atoms with Gasteiger partial charge in [0.05, 0.1) is 17.5 Å². The van der Waals surface area contributed by atoms with E-state index < -0.39 is 23.4 Å². The van der Waals surface area contributed by atoms with Crippen molar-refractivity contribution in [2.45, 2.75) is 38.9 Å². The molecule has 0 fully saturated rings. The predicted octanol–water partition coefficient (Wildman–Crippen LogP) is 6.25. The predicted molar refractivity (Wildman–Crippen MR) is 114 cm³/mol. The summed E-state index contributed by atoms with van der Waals surface area (Å²) in [5.74, 6) is -1.67. The first-order valence-corrected chi connectivity index (χ1v) is 9.80. The van der Waals surface area contributed by atoms with Gasteiger partial charge >= 0.3 is 12.1 Å². The third kappa shape index (κ3) is 4.90. The number of carboxylic acids is 1. The molecule has 2 aromatic carbocycles. The van der Waals surface area contributed by atoms with Gasteiger partial charge < -0.3 is 5.11 Å². The van der Waals surface area contributed by atoms with Gasteiger partial charge in [0.2, 0.25) is 0 Å². The fourth-order valence-corrected chi connectivity index (χ4v) is 3.14. The summed E-state index contributed by atoms with van der Waals surface area (Å²) in [6.45, 7) is 4.21. The Morgan fingerprint density at radius 3 is 2.34 bits per heavy atom. The summed E-state index contributed by atoms with van der Waals surface area (Å²) in [7, 11) is 0. The van der Waals surface area contributed by atoms with Gasteiger partial charge in [-0.25, -0.2) is 9.18 Å². The quantitative estimate of drug-likeness (QED) is 0.456. The van der Waals surface area contributed by atoms with Crippen LogP contribution in [-0.2, 0) is 12.0 Å². The Kier molecular flexibility index (Phi) is 6.25. The van der Waals surface area contributed by atoms with E-state index in [2.05, 4.69) is 5.10 Å². The lowest BCUT2D eigenvalue weighted by Gasteiger charge is -2.28. The molecular weight excluding hydrogens is 424 g/mol. The number of benzene rings is 2. The Bertz CT molecular complexity index is 1160. The molecule has 1 N–H and O–H groups in total. The van der Waals surface area contributed by atoms with Gasteiger partial charge in [-0.15, -0.1) is 0 Å². The topological polar surface area (TPSA) is 55.1 Å². The highest BCUT2D eigenvalue weighted by molar-refractivity contribution is 5.87. The fourth-order valence-electron chi connectivity index (χ4n) is 3.14. The van der Waals surface area contributed by atoms with Crippen molar-refractivity contribution in [2.75, 3.05) is 0 Å². The first kappa shape index (κ1) is 23.2. The number of carbonyl (C=O) groups is 1. The molecule has 3 rings (SSSR count). The van der Waals surface area contributed by atoms with E-state index in [1.165, 1.54) is 42.5 Å². The van der Waals surface area contributed by atoms with Crippen LogP contribution in [0.25, 0.3) is 11.9 Å². The van der Waals surface area contributed by atoms with Crippen LogP contribution in [0.4, 0.5) is 17.6 Å². The van der Waals surface area contributed by atoms with E-state index in [9.17, 15) is 22.4 Å². The van der Waals surface area contributed by atoms with Gasteiger partial charge in [0.25, 0.3) is 0 Å². The smallest absolute Gasteiger partial charge is 0.397 e. The molecule has 8 heteroatoms. The summed E-state index contributed by atoms with van der Waals surface area (Å²) >= 11 is 0. The maximum Gasteiger partial charge on any atom is 0.397 e. The molecular formula is C24H22F4N2O2. The van der Waals surface area contributed by atoms with Crippen molar-refractivity contribution in [1.82, 2.24) is 9.78 Å². The first-order chi connectivity index (χ1) is 14.9. The molecule has 168 valence electrons. The Morgan fingerprint density at radius 1 is 1.09 bits per heavy atom. The maximum atomic E-state index is 14.8. The average Bonchev–Trinajstić information content (AvgIpc) is 3.08. The summed E-state index contributed by atoms with van der Waals surface area (Å²) in [6, 6.07) is 13.5. The van der Waals surface area contributed by atoms with Crippen molar-refractivity contribution in [2.24, 2.45) is 0 Å². The summed E-state index contributed by atoms with van der Waals surface area (Å²) in [5, 5.41) is 13.4. The molecule has 32 heavy (non-hydrogen) atoms. The molecule has 0 spiro atoms. The number of nitrogens with zero attached hydrogens (tertiary/aromatic N) is 2. The summed E-state index contributed by atoms with van der Waals surface area (Å²) < 4.78 is 55.9. The lowest BCUT2D eigenvalue weighted by Crippen LogP contribution is -2.36. The van der Waals surface area contributed by atoms with Gasteiger partial charge in [0.1, 0.15) is 5.69 Å². The van der Waals surface area contributed by atoms with Gasteiger partial charge in [-0.2, -0.15) is 18.3 Å². The van der Waals surface area contributed by atoms with Gasteiger partial charge in [-0.3, -0.25) is 4.68 Å². The van der Waals surface area contributed by atoms with Crippen LogP contribution < -0.4 is 0 Å². The highest BCUT2D eigenvalue weighted by Gasteiger charge is 2.48. The largest absolute Gasteiger partial charge is 0.478 e. The Hall–Kier alpha value is -3.42. The molecule has 0 saturated heterocycles. The van der Waals surface area contributed by atoms with E-state index in [1.54, 1.807) is 29.8 Å². The molecule has 0 aliphatic rings. The van der Waals surface area contributed by atoms with E-state index in [1.807, 2.05) is 0 Å². The minimum Gasteiger partial charge on any atom is -0.478 e. The average molecular weight is 446 g/mol. The second-order valence-corrected chi connectivity index (χ2v) is 8.07. The van der Waals surface area contributed by atoms with Crippen molar-refractivity contribution < 1.29 is 27.5 Å². The third-order valence-corrected chi connectivity index (χ3v) is 5.37. The van der Waals surface area contributed by atoms with Crippen LogP contribution in [0.15, 0.2) is 54.6 Å². The standard InChI is InChI=1S/C24H22F4N2O2/c1-15-11-21(29-30(15)14-17-5-4-6-18(12-17)22(31)32)20(25)13-16-7-9-19(10-8-16)23(2,3)24(26,27)28/h4-13H,14H2,1-3H3,(H,31,32). The van der Waals surface area contributed by atoms with E-state index in [-0.39, 0.29) is 23.4 Å². The van der Waals surface area contributed by atoms with Crippen molar-refractivity contribution >= 4 is 17.9 Å². The molecule has 0 aliphatic carbocycles. The van der Waals surface area contributed by atoms with Crippen LogP contribution in [-0.4, -0.2) is 27.0 Å². The van der Waals surface area contributed by atoms with E-state index in [4.69, 9.17) is 5.11 Å². The number of aromatic carboxylic acids is 1. The van der Waals surface area contributed by atoms with Crippen LogP contribution in [0.2, 0.25) is 0 Å². The normalized spacial score (nSPS) is 12.8. The van der Waals surface area contributed by atoms with Gasteiger partial charge in [0.15, 0.2) is 5.83 Å². The molecule has 0 unspecified atom stereocenters. The maximum absolute atomic E-state index is 14.8. The highest BCUT2D eigenvalue weighted by atomic mass is 19.4. The van der Waals surface area contributed by atoms with Gasteiger partial charge in [0, 0.05) is 5.69 Å². The van der Waals surface area contributed by atoms with Gasteiger partial charge in [-0.1, -0.05) is 36.4 Å². The molecule has 1 heterocycles. The van der Waals surface area contributed by atoms with Crippen LogP contribution in [0.5, 0.6) is 0 Å². The minimum atomic E-state index is -4.40. The molecule has 0 atom stereocenters. The van der Waals surface area contributed by atoms with E-state index in [0.29, 0.717) is 16.8 Å². The molecule has 1 aromatic heterocycles. The van der Waals surface area contributed by atoms with Crippen LogP contribution in [0.3, 0.4) is 0 Å². The Morgan fingerprint density at radius 2 is 1.75 bits per heavy atom. The zero-order valence-electron chi connectivity index (χ0n) is 17.7. The third-order valence-electron chi connectivity index (χ3n) is 5.37. The molecule has 0 aliphatic heterocycles. The molecule has 3 aromatic rings. The number of hydrogen-bond donors (Lipinski definition) is 1. The molecule has 0 amide bonds.